The average Bonchev–Trinajstić information content (AvgIpc) is 3.49. The van der Waals surface area contributed by atoms with Gasteiger partial charge in [-0.15, -0.1) is 29.3 Å². The molecular weight excluding hydrogens is 438 g/mol. The first-order valence-corrected chi connectivity index (χ1v) is 11.9. The van der Waals surface area contributed by atoms with Gasteiger partial charge in [0.1, 0.15) is 10.6 Å². The standard InChI is InChI=1S/C21H19N3O3S3/c1-3-8-24-20(26)18-15(16-7-5-10-28-16)12-29-19(18)22-21(24)30-13-17(25)23(2)11-14-6-4-9-27-14/h3-7,9-10,12H,1,8,11,13H2,2H3. The molecule has 0 spiro atoms. The second-order valence-electron chi connectivity index (χ2n) is 6.52. The monoisotopic (exact) mass is 457 g/mol. The minimum Gasteiger partial charge on any atom is -0.467 e. The molecule has 4 aromatic heterocycles. The van der Waals surface area contributed by atoms with E-state index < -0.39 is 0 Å². The Hall–Kier alpha value is -2.62. The molecule has 4 rings (SSSR count). The highest BCUT2D eigenvalue weighted by atomic mass is 32.2. The fourth-order valence-electron chi connectivity index (χ4n) is 2.98. The molecule has 0 fully saturated rings. The van der Waals surface area contributed by atoms with Crippen LogP contribution in [0.15, 0.2) is 68.3 Å². The number of aromatic nitrogens is 2. The van der Waals surface area contributed by atoms with Crippen molar-refractivity contribution in [3.05, 3.63) is 70.1 Å². The average molecular weight is 458 g/mol. The van der Waals surface area contributed by atoms with Crippen molar-refractivity contribution >= 4 is 50.6 Å². The first kappa shape index (κ1) is 20.6. The van der Waals surface area contributed by atoms with E-state index >= 15 is 0 Å². The van der Waals surface area contributed by atoms with Crippen LogP contribution in [0.3, 0.4) is 0 Å². The summed E-state index contributed by atoms with van der Waals surface area (Å²) in [6.07, 6.45) is 3.25. The number of fused-ring (bicyclic) bond motifs is 1. The van der Waals surface area contributed by atoms with Crippen LogP contribution in [0.2, 0.25) is 0 Å². The Labute approximate surface area is 185 Å². The number of rotatable bonds is 8. The molecule has 0 aliphatic rings. The van der Waals surface area contributed by atoms with E-state index in [1.165, 1.54) is 23.1 Å². The smallest absolute Gasteiger partial charge is 0.263 e. The zero-order valence-electron chi connectivity index (χ0n) is 16.2. The van der Waals surface area contributed by atoms with Gasteiger partial charge < -0.3 is 9.32 Å². The van der Waals surface area contributed by atoms with Crippen molar-refractivity contribution in [1.82, 2.24) is 14.5 Å². The van der Waals surface area contributed by atoms with Crippen LogP contribution in [0.4, 0.5) is 0 Å². The predicted octanol–water partition coefficient (Wildman–Crippen LogP) is 4.72. The van der Waals surface area contributed by atoms with Crippen LogP contribution >= 0.6 is 34.4 Å². The maximum Gasteiger partial charge on any atom is 0.263 e. The minimum absolute atomic E-state index is 0.0682. The van der Waals surface area contributed by atoms with Gasteiger partial charge in [-0.25, -0.2) is 4.98 Å². The second kappa shape index (κ2) is 9.03. The predicted molar refractivity (Wildman–Crippen MR) is 123 cm³/mol. The molecule has 0 radical (unpaired) electrons. The first-order valence-electron chi connectivity index (χ1n) is 9.14. The minimum atomic E-state index is -0.108. The van der Waals surface area contributed by atoms with E-state index in [9.17, 15) is 9.59 Å². The van der Waals surface area contributed by atoms with Crippen molar-refractivity contribution in [2.24, 2.45) is 0 Å². The van der Waals surface area contributed by atoms with Gasteiger partial charge >= 0.3 is 0 Å². The molecule has 1 amide bonds. The van der Waals surface area contributed by atoms with E-state index in [4.69, 9.17) is 9.40 Å². The Bertz CT molecular complexity index is 1220. The topological polar surface area (TPSA) is 68.3 Å². The number of carbonyl (C=O) groups is 1. The third-order valence-electron chi connectivity index (χ3n) is 4.48. The van der Waals surface area contributed by atoms with Gasteiger partial charge in [0.25, 0.3) is 5.56 Å². The Balaban J connectivity index is 1.60. The van der Waals surface area contributed by atoms with Gasteiger partial charge in [-0.3, -0.25) is 14.2 Å². The van der Waals surface area contributed by atoms with Crippen LogP contribution in [0.5, 0.6) is 0 Å². The third-order valence-corrected chi connectivity index (χ3v) is 7.22. The zero-order valence-corrected chi connectivity index (χ0v) is 18.7. The molecule has 4 heterocycles. The quantitative estimate of drug-likeness (QED) is 0.218. The molecule has 30 heavy (non-hydrogen) atoms. The Morgan fingerprint density at radius 1 is 1.37 bits per heavy atom. The van der Waals surface area contributed by atoms with Gasteiger partial charge in [0.15, 0.2) is 5.16 Å². The molecule has 9 heteroatoms. The van der Waals surface area contributed by atoms with E-state index in [1.54, 1.807) is 46.3 Å². The fraction of sp³-hybridized carbons (Fsp3) is 0.190. The molecule has 4 aromatic rings. The zero-order chi connectivity index (χ0) is 21.1. The Morgan fingerprint density at radius 3 is 2.93 bits per heavy atom. The summed E-state index contributed by atoms with van der Waals surface area (Å²) in [7, 11) is 1.73. The first-order chi connectivity index (χ1) is 14.6. The molecule has 0 aromatic carbocycles. The molecule has 0 aliphatic heterocycles. The van der Waals surface area contributed by atoms with Crippen molar-refractivity contribution in [2.45, 2.75) is 18.2 Å². The van der Waals surface area contributed by atoms with Gasteiger partial charge in [-0.05, 0) is 23.6 Å². The highest BCUT2D eigenvalue weighted by molar-refractivity contribution is 7.99. The number of hydrogen-bond acceptors (Lipinski definition) is 7. The van der Waals surface area contributed by atoms with E-state index in [2.05, 4.69) is 6.58 Å². The summed E-state index contributed by atoms with van der Waals surface area (Å²) in [6.45, 7) is 4.50. The molecule has 0 N–H and O–H groups in total. The van der Waals surface area contributed by atoms with E-state index in [-0.39, 0.29) is 17.2 Å². The SMILES string of the molecule is C=CCn1c(SCC(=O)N(C)Cc2ccco2)nc2scc(-c3cccs3)c2c1=O. The van der Waals surface area contributed by atoms with Crippen LogP contribution < -0.4 is 5.56 Å². The number of thioether (sulfide) groups is 1. The summed E-state index contributed by atoms with van der Waals surface area (Å²) in [4.78, 5) is 33.9. The van der Waals surface area contributed by atoms with E-state index in [0.717, 1.165) is 16.2 Å². The number of allylic oxidation sites excluding steroid dienone is 1. The number of hydrogen-bond donors (Lipinski definition) is 0. The lowest BCUT2D eigenvalue weighted by Crippen LogP contribution is -2.28. The van der Waals surface area contributed by atoms with Crippen molar-refractivity contribution < 1.29 is 9.21 Å². The molecule has 0 unspecified atom stereocenters. The van der Waals surface area contributed by atoms with Crippen LogP contribution in [0.1, 0.15) is 5.76 Å². The second-order valence-corrected chi connectivity index (χ2v) is 9.27. The van der Waals surface area contributed by atoms with Crippen molar-refractivity contribution in [3.8, 4) is 10.4 Å². The highest BCUT2D eigenvalue weighted by Crippen LogP contribution is 2.34. The maximum atomic E-state index is 13.3. The van der Waals surface area contributed by atoms with Crippen LogP contribution in [-0.2, 0) is 17.9 Å². The summed E-state index contributed by atoms with van der Waals surface area (Å²) < 4.78 is 6.88. The lowest BCUT2D eigenvalue weighted by Gasteiger charge is -2.16. The van der Waals surface area contributed by atoms with Gasteiger partial charge in [0.2, 0.25) is 5.91 Å². The normalized spacial score (nSPS) is 11.1. The summed E-state index contributed by atoms with van der Waals surface area (Å²) in [5, 5.41) is 5.10. The lowest BCUT2D eigenvalue weighted by atomic mass is 10.2. The summed E-state index contributed by atoms with van der Waals surface area (Å²) in [5.74, 6) is 0.829. The molecule has 6 nitrogen and oxygen atoms in total. The molecule has 0 saturated carbocycles. The Morgan fingerprint density at radius 2 is 2.23 bits per heavy atom. The lowest BCUT2D eigenvalue weighted by molar-refractivity contribution is -0.127. The van der Waals surface area contributed by atoms with E-state index in [1.807, 2.05) is 29.0 Å². The molecule has 0 atom stereocenters. The van der Waals surface area contributed by atoms with Gasteiger partial charge in [0, 0.05) is 29.4 Å². The van der Waals surface area contributed by atoms with Crippen LogP contribution in [0.25, 0.3) is 20.7 Å². The number of amides is 1. The maximum absolute atomic E-state index is 13.3. The fourth-order valence-corrected chi connectivity index (χ4v) is 5.73. The van der Waals surface area contributed by atoms with Crippen LogP contribution in [0, 0.1) is 0 Å². The summed E-state index contributed by atoms with van der Waals surface area (Å²) in [5.41, 5.74) is 0.801. The number of carbonyl (C=O) groups excluding carboxylic acids is 1. The van der Waals surface area contributed by atoms with Crippen molar-refractivity contribution in [1.29, 1.82) is 0 Å². The summed E-state index contributed by atoms with van der Waals surface area (Å²) >= 11 is 4.30. The molecule has 0 saturated heterocycles. The highest BCUT2D eigenvalue weighted by Gasteiger charge is 2.19. The van der Waals surface area contributed by atoms with Gasteiger partial charge in [-0.1, -0.05) is 23.9 Å². The van der Waals surface area contributed by atoms with E-state index in [0.29, 0.717) is 28.5 Å². The number of furan rings is 1. The van der Waals surface area contributed by atoms with Crippen LogP contribution in [-0.4, -0.2) is 33.2 Å². The Kier molecular flexibility index (Phi) is 6.21. The molecule has 0 aliphatic carbocycles. The summed E-state index contributed by atoms with van der Waals surface area (Å²) in [6, 6.07) is 7.59. The number of thiophene rings is 2. The molecule has 0 bridgehead atoms. The number of nitrogens with zero attached hydrogens (tertiary/aromatic N) is 3. The van der Waals surface area contributed by atoms with Gasteiger partial charge in [0.05, 0.1) is 23.9 Å². The van der Waals surface area contributed by atoms with Crippen molar-refractivity contribution in [2.75, 3.05) is 12.8 Å². The van der Waals surface area contributed by atoms with Crippen molar-refractivity contribution in [3.63, 3.8) is 0 Å². The largest absolute Gasteiger partial charge is 0.467 e. The molecular formula is C21H19N3O3S3. The molecule has 154 valence electrons. The van der Waals surface area contributed by atoms with Gasteiger partial charge in [-0.2, -0.15) is 0 Å². The third kappa shape index (κ3) is 4.14.